The van der Waals surface area contributed by atoms with E-state index in [2.05, 4.69) is 15.4 Å². The molecule has 3 N–H and O–H groups in total. The van der Waals surface area contributed by atoms with Gasteiger partial charge in [0, 0.05) is 12.1 Å². The molecule has 1 aromatic carbocycles. The van der Waals surface area contributed by atoms with Gasteiger partial charge in [0.1, 0.15) is 11.0 Å². The fraction of sp³-hybridized carbons (Fsp3) is 0. The Balaban J connectivity index is 2.77. The van der Waals surface area contributed by atoms with Crippen LogP contribution in [0.15, 0.2) is 12.1 Å². The van der Waals surface area contributed by atoms with E-state index in [-0.39, 0.29) is 11.4 Å². The number of nitrogens with zero attached hydrogens (tertiary/aromatic N) is 3. The summed E-state index contributed by atoms with van der Waals surface area (Å²) < 4.78 is 0. The van der Waals surface area contributed by atoms with E-state index in [4.69, 9.17) is 5.73 Å². The highest BCUT2D eigenvalue weighted by molar-refractivity contribution is 5.88. The van der Waals surface area contributed by atoms with Crippen LogP contribution < -0.4 is 5.73 Å². The number of non-ortho nitro benzene ring substituents is 1. The first-order chi connectivity index (χ1) is 6.18. The molecule has 0 saturated heterocycles. The molecule has 0 aliphatic carbocycles. The van der Waals surface area contributed by atoms with E-state index in [1.54, 1.807) is 0 Å². The standard InChI is InChI=1S/C6H5N5O2/c7-4-1-3(11(12)13)2-5-6(4)9-10-8-5/h1-2H,7H2,(H,8,9,10). The van der Waals surface area contributed by atoms with Crippen molar-refractivity contribution in [3.63, 3.8) is 0 Å². The topological polar surface area (TPSA) is 111 Å². The third-order valence-electron chi connectivity index (χ3n) is 1.66. The number of nitrogen functional groups attached to an aromatic ring is 1. The van der Waals surface area contributed by atoms with Crippen molar-refractivity contribution in [3.8, 4) is 0 Å². The van der Waals surface area contributed by atoms with Gasteiger partial charge in [-0.1, -0.05) is 5.21 Å². The third kappa shape index (κ3) is 1.06. The molecule has 1 aromatic heterocycles. The zero-order valence-electron chi connectivity index (χ0n) is 6.39. The smallest absolute Gasteiger partial charge is 0.273 e. The summed E-state index contributed by atoms with van der Waals surface area (Å²) in [6.07, 6.45) is 0. The van der Waals surface area contributed by atoms with Crippen molar-refractivity contribution in [3.05, 3.63) is 22.2 Å². The van der Waals surface area contributed by atoms with Crippen molar-refractivity contribution in [2.45, 2.75) is 0 Å². The van der Waals surface area contributed by atoms with Crippen LogP contribution in [0.1, 0.15) is 0 Å². The van der Waals surface area contributed by atoms with Gasteiger partial charge in [-0.25, -0.2) is 0 Å². The van der Waals surface area contributed by atoms with Crippen molar-refractivity contribution in [2.75, 3.05) is 5.73 Å². The zero-order chi connectivity index (χ0) is 9.42. The summed E-state index contributed by atoms with van der Waals surface area (Å²) in [7, 11) is 0. The lowest BCUT2D eigenvalue weighted by Gasteiger charge is -1.94. The van der Waals surface area contributed by atoms with Gasteiger partial charge in [0.05, 0.1) is 10.6 Å². The van der Waals surface area contributed by atoms with Gasteiger partial charge in [0.2, 0.25) is 0 Å². The highest BCUT2D eigenvalue weighted by Gasteiger charge is 2.11. The number of nitro benzene ring substituents is 1. The summed E-state index contributed by atoms with van der Waals surface area (Å²) in [5, 5.41) is 20.1. The Hall–Kier alpha value is -2.18. The number of nitro groups is 1. The summed E-state index contributed by atoms with van der Waals surface area (Å²) in [5.41, 5.74) is 6.63. The van der Waals surface area contributed by atoms with Gasteiger partial charge in [-0.3, -0.25) is 15.2 Å². The van der Waals surface area contributed by atoms with Crippen LogP contribution in [0.3, 0.4) is 0 Å². The highest BCUT2D eigenvalue weighted by atomic mass is 16.6. The maximum absolute atomic E-state index is 10.4. The molecule has 13 heavy (non-hydrogen) atoms. The van der Waals surface area contributed by atoms with Crippen LogP contribution in [0.25, 0.3) is 11.0 Å². The van der Waals surface area contributed by atoms with E-state index in [1.807, 2.05) is 0 Å². The number of hydrogen-bond acceptors (Lipinski definition) is 5. The Bertz CT molecular complexity index is 477. The summed E-state index contributed by atoms with van der Waals surface area (Å²) in [6.45, 7) is 0. The van der Waals surface area contributed by atoms with Gasteiger partial charge >= 0.3 is 0 Å². The third-order valence-corrected chi connectivity index (χ3v) is 1.66. The number of rotatable bonds is 1. The lowest BCUT2D eigenvalue weighted by atomic mass is 10.2. The van der Waals surface area contributed by atoms with Gasteiger partial charge in [0.15, 0.2) is 0 Å². The Morgan fingerprint density at radius 3 is 3.00 bits per heavy atom. The average molecular weight is 179 g/mol. The van der Waals surface area contributed by atoms with E-state index in [0.717, 1.165) is 0 Å². The second kappa shape index (κ2) is 2.41. The normalized spacial score (nSPS) is 10.5. The fourth-order valence-corrected chi connectivity index (χ4v) is 1.07. The van der Waals surface area contributed by atoms with Crippen molar-refractivity contribution in [1.29, 1.82) is 0 Å². The molecule has 0 amide bonds. The van der Waals surface area contributed by atoms with Crippen LogP contribution in [0, 0.1) is 10.1 Å². The molecule has 0 spiro atoms. The minimum Gasteiger partial charge on any atom is -0.397 e. The largest absolute Gasteiger partial charge is 0.397 e. The molecule has 0 saturated carbocycles. The van der Waals surface area contributed by atoms with Crippen LogP contribution in [0.5, 0.6) is 0 Å². The van der Waals surface area contributed by atoms with Gasteiger partial charge in [-0.2, -0.15) is 0 Å². The maximum Gasteiger partial charge on any atom is 0.273 e. The van der Waals surface area contributed by atoms with Crippen molar-refractivity contribution in [1.82, 2.24) is 15.4 Å². The number of benzene rings is 1. The predicted molar refractivity (Wildman–Crippen MR) is 45.0 cm³/mol. The summed E-state index contributed by atoms with van der Waals surface area (Å²) in [4.78, 5) is 9.89. The number of hydrogen-bond donors (Lipinski definition) is 2. The number of nitrogens with two attached hydrogens (primary N) is 1. The zero-order valence-corrected chi connectivity index (χ0v) is 6.39. The molecule has 7 heteroatoms. The number of aromatic amines is 1. The SMILES string of the molecule is Nc1cc([N+](=O)[O-])cc2nn[nH]c12. The van der Waals surface area contributed by atoms with Crippen molar-refractivity contribution in [2.24, 2.45) is 0 Å². The predicted octanol–water partition coefficient (Wildman–Crippen LogP) is 0.448. The fourth-order valence-electron chi connectivity index (χ4n) is 1.07. The minimum atomic E-state index is -0.523. The summed E-state index contributed by atoms with van der Waals surface area (Å²) >= 11 is 0. The van der Waals surface area contributed by atoms with Crippen molar-refractivity contribution >= 4 is 22.4 Å². The van der Waals surface area contributed by atoms with E-state index in [1.165, 1.54) is 12.1 Å². The Kier molecular flexibility index (Phi) is 1.38. The Labute approximate surface area is 71.7 Å². The quantitative estimate of drug-likeness (QED) is 0.375. The van der Waals surface area contributed by atoms with Gasteiger partial charge < -0.3 is 5.73 Å². The monoisotopic (exact) mass is 179 g/mol. The molecule has 0 fully saturated rings. The summed E-state index contributed by atoms with van der Waals surface area (Å²) in [5.74, 6) is 0. The molecule has 0 unspecified atom stereocenters. The van der Waals surface area contributed by atoms with Crippen LogP contribution in [-0.2, 0) is 0 Å². The molecule has 0 aliphatic heterocycles. The lowest BCUT2D eigenvalue weighted by molar-refractivity contribution is -0.384. The molecule has 0 bridgehead atoms. The number of anilines is 1. The van der Waals surface area contributed by atoms with E-state index in [9.17, 15) is 10.1 Å². The van der Waals surface area contributed by atoms with Gasteiger partial charge in [0.25, 0.3) is 5.69 Å². The van der Waals surface area contributed by atoms with Crippen LogP contribution in [-0.4, -0.2) is 20.3 Å². The second-order valence-electron chi connectivity index (χ2n) is 2.50. The number of fused-ring (bicyclic) bond motifs is 1. The second-order valence-corrected chi connectivity index (χ2v) is 2.50. The summed E-state index contributed by atoms with van der Waals surface area (Å²) in [6, 6.07) is 2.58. The van der Waals surface area contributed by atoms with Crippen LogP contribution in [0.2, 0.25) is 0 Å². The van der Waals surface area contributed by atoms with E-state index < -0.39 is 4.92 Å². The molecule has 0 radical (unpaired) electrons. The molecular weight excluding hydrogens is 174 g/mol. The van der Waals surface area contributed by atoms with Gasteiger partial charge in [-0.15, -0.1) is 5.10 Å². The molecule has 0 atom stereocenters. The van der Waals surface area contributed by atoms with Gasteiger partial charge in [-0.05, 0) is 0 Å². The number of H-pyrrole nitrogens is 1. The first-order valence-electron chi connectivity index (χ1n) is 3.43. The van der Waals surface area contributed by atoms with E-state index in [0.29, 0.717) is 11.0 Å². The molecular formula is C6H5N5O2. The first kappa shape index (κ1) is 7.47. The van der Waals surface area contributed by atoms with Crippen LogP contribution in [0.4, 0.5) is 11.4 Å². The average Bonchev–Trinajstić information content (AvgIpc) is 2.51. The van der Waals surface area contributed by atoms with Crippen LogP contribution >= 0.6 is 0 Å². The Morgan fingerprint density at radius 1 is 1.54 bits per heavy atom. The molecule has 2 aromatic rings. The minimum absolute atomic E-state index is 0.0844. The molecule has 7 nitrogen and oxygen atoms in total. The molecule has 0 aliphatic rings. The number of aromatic nitrogens is 3. The molecule has 2 rings (SSSR count). The van der Waals surface area contributed by atoms with E-state index >= 15 is 0 Å². The number of nitrogens with one attached hydrogen (secondary N) is 1. The highest BCUT2D eigenvalue weighted by Crippen LogP contribution is 2.23. The Morgan fingerprint density at radius 2 is 2.31 bits per heavy atom. The van der Waals surface area contributed by atoms with Crippen molar-refractivity contribution < 1.29 is 4.92 Å². The molecule has 66 valence electrons. The lowest BCUT2D eigenvalue weighted by Crippen LogP contribution is -1.92. The first-order valence-corrected chi connectivity index (χ1v) is 3.43. The maximum atomic E-state index is 10.4. The molecule has 1 heterocycles.